The molecule has 3 rings (SSSR count). The van der Waals surface area contributed by atoms with Crippen molar-refractivity contribution < 1.29 is 14.1 Å². The van der Waals surface area contributed by atoms with Crippen molar-refractivity contribution in [1.82, 2.24) is 10.1 Å². The van der Waals surface area contributed by atoms with Gasteiger partial charge in [0.1, 0.15) is 5.01 Å². The maximum atomic E-state index is 12.1. The zero-order valence-electron chi connectivity index (χ0n) is 13.6. The average molecular weight is 391 g/mol. The summed E-state index contributed by atoms with van der Waals surface area (Å²) in [7, 11) is 0. The van der Waals surface area contributed by atoms with Crippen LogP contribution < -0.4 is 11.1 Å². The predicted octanol–water partition coefficient (Wildman–Crippen LogP) is 3.52. The number of aromatic nitrogens is 2. The van der Waals surface area contributed by atoms with Crippen LogP contribution in [0.3, 0.4) is 0 Å². The maximum absolute atomic E-state index is 12.1. The molecule has 0 saturated carbocycles. The van der Waals surface area contributed by atoms with E-state index < -0.39 is 5.91 Å². The van der Waals surface area contributed by atoms with Crippen molar-refractivity contribution in [1.29, 1.82) is 0 Å². The Morgan fingerprint density at radius 3 is 2.81 bits per heavy atom. The number of nitrogens with one attached hydrogen (secondary N) is 1. The molecule has 9 heteroatoms. The van der Waals surface area contributed by atoms with Gasteiger partial charge in [0.25, 0.3) is 0 Å². The number of rotatable bonds is 7. The van der Waals surface area contributed by atoms with Gasteiger partial charge in [-0.25, -0.2) is 4.98 Å². The molecule has 26 heavy (non-hydrogen) atoms. The third kappa shape index (κ3) is 3.76. The number of nitrogens with two attached hydrogens (primary N) is 1. The van der Waals surface area contributed by atoms with Crippen molar-refractivity contribution in [2.24, 2.45) is 5.73 Å². The number of anilines is 1. The largest absolute Gasteiger partial charge is 0.366 e. The number of hydrogen-bond donors (Lipinski definition) is 2. The van der Waals surface area contributed by atoms with Crippen LogP contribution in [0, 0.1) is 0 Å². The van der Waals surface area contributed by atoms with Crippen LogP contribution in [0.2, 0.25) is 0 Å². The summed E-state index contributed by atoms with van der Waals surface area (Å²) in [5.74, 6) is -0.328. The molecule has 0 fully saturated rings. The molecule has 3 aromatic rings. The van der Waals surface area contributed by atoms with Gasteiger partial charge in [-0.1, -0.05) is 23.4 Å². The molecule has 0 saturated heterocycles. The first-order chi connectivity index (χ1) is 12.6. The van der Waals surface area contributed by atoms with Gasteiger partial charge < -0.3 is 10.3 Å². The molecule has 134 valence electrons. The molecule has 2 amide bonds. The van der Waals surface area contributed by atoms with Crippen LogP contribution in [-0.4, -0.2) is 27.8 Å². The normalized spacial score (nSPS) is 10.7. The molecule has 2 aromatic heterocycles. The number of carbonyl (C=O) groups is 2. The molecule has 0 aliphatic carbocycles. The minimum Gasteiger partial charge on any atom is -0.366 e. The van der Waals surface area contributed by atoms with E-state index in [2.05, 4.69) is 15.5 Å². The van der Waals surface area contributed by atoms with Gasteiger partial charge in [-0.2, -0.15) is 0 Å². The number of carbonyl (C=O) groups excluding carboxylic acids is 2. The topological polar surface area (TPSA) is 111 Å². The van der Waals surface area contributed by atoms with Crippen LogP contribution in [0.4, 0.5) is 5.88 Å². The van der Waals surface area contributed by atoms with Crippen molar-refractivity contribution in [2.75, 3.05) is 11.2 Å². The van der Waals surface area contributed by atoms with E-state index in [-0.39, 0.29) is 18.2 Å². The minimum atomic E-state index is -0.591. The number of thiazole rings is 1. The Kier molecular flexibility index (Phi) is 5.65. The summed E-state index contributed by atoms with van der Waals surface area (Å²) in [6.45, 7) is 0. The molecule has 2 heterocycles. The van der Waals surface area contributed by atoms with E-state index in [1.54, 1.807) is 35.8 Å². The fraction of sp³-hybridized carbons (Fsp3) is 0.176. The molecular formula is C17H15ClN4O3S. The van der Waals surface area contributed by atoms with Crippen LogP contribution in [-0.2, 0) is 4.79 Å². The number of benzene rings is 1. The Balaban J connectivity index is 2.10. The van der Waals surface area contributed by atoms with Gasteiger partial charge in [-0.15, -0.1) is 22.9 Å². The van der Waals surface area contributed by atoms with E-state index in [1.165, 1.54) is 11.3 Å². The van der Waals surface area contributed by atoms with Crippen molar-refractivity contribution >= 4 is 40.6 Å². The lowest BCUT2D eigenvalue weighted by atomic mass is 9.99. The first-order valence-electron chi connectivity index (χ1n) is 7.76. The molecule has 1 aromatic carbocycles. The summed E-state index contributed by atoms with van der Waals surface area (Å²) in [5, 5.41) is 9.14. The average Bonchev–Trinajstić information content (AvgIpc) is 3.29. The van der Waals surface area contributed by atoms with E-state index >= 15 is 0 Å². The third-order valence-electron chi connectivity index (χ3n) is 3.58. The molecule has 3 N–H and O–H groups in total. The summed E-state index contributed by atoms with van der Waals surface area (Å²) in [4.78, 5) is 28.2. The van der Waals surface area contributed by atoms with E-state index in [4.69, 9.17) is 21.9 Å². The van der Waals surface area contributed by atoms with Crippen LogP contribution in [0.1, 0.15) is 23.2 Å². The van der Waals surface area contributed by atoms with Crippen molar-refractivity contribution in [3.05, 3.63) is 41.4 Å². The SMILES string of the molecule is NC(=O)c1ccccc1-c1c(-c2nccs2)noc1NC(=O)CCCCl. The van der Waals surface area contributed by atoms with Gasteiger partial charge in [-0.3, -0.25) is 14.9 Å². The number of halogens is 1. The second kappa shape index (κ2) is 8.11. The summed E-state index contributed by atoms with van der Waals surface area (Å²) in [6.07, 6.45) is 2.42. The molecule has 0 aliphatic heterocycles. The van der Waals surface area contributed by atoms with Crippen molar-refractivity contribution in [3.63, 3.8) is 0 Å². The molecule has 0 bridgehead atoms. The standard InChI is InChI=1S/C17H15ClN4O3S/c18-7-3-6-12(23)21-16-13(10-4-1-2-5-11(10)15(19)24)14(22-25-16)17-20-8-9-26-17/h1-2,4-5,8-9H,3,6-7H2,(H2,19,24)(H,21,23). The van der Waals surface area contributed by atoms with Gasteiger partial charge in [0, 0.05) is 35.0 Å². The lowest BCUT2D eigenvalue weighted by Gasteiger charge is -2.08. The van der Waals surface area contributed by atoms with Crippen molar-refractivity contribution in [3.8, 4) is 21.8 Å². The molecule has 0 spiro atoms. The van der Waals surface area contributed by atoms with Crippen LogP contribution in [0.15, 0.2) is 40.4 Å². The van der Waals surface area contributed by atoms with Crippen molar-refractivity contribution in [2.45, 2.75) is 12.8 Å². The Bertz CT molecular complexity index is 924. The first kappa shape index (κ1) is 18.1. The summed E-state index contributed by atoms with van der Waals surface area (Å²) >= 11 is 6.99. The fourth-order valence-electron chi connectivity index (χ4n) is 2.44. The smallest absolute Gasteiger partial charge is 0.249 e. The minimum absolute atomic E-state index is 0.142. The van der Waals surface area contributed by atoms with E-state index in [9.17, 15) is 9.59 Å². The molecule has 0 aliphatic rings. The fourth-order valence-corrected chi connectivity index (χ4v) is 3.20. The van der Waals surface area contributed by atoms with Gasteiger partial charge >= 0.3 is 0 Å². The number of primary amides is 1. The van der Waals surface area contributed by atoms with E-state index in [0.717, 1.165) is 0 Å². The molecule has 0 unspecified atom stereocenters. The van der Waals surface area contributed by atoms with Gasteiger partial charge in [-0.05, 0) is 12.5 Å². The Hall–Kier alpha value is -2.71. The van der Waals surface area contributed by atoms with Gasteiger partial charge in [0.2, 0.25) is 17.7 Å². The Labute approximate surface area is 158 Å². The van der Waals surface area contributed by atoms with Crippen LogP contribution >= 0.6 is 22.9 Å². The number of amides is 2. The summed E-state index contributed by atoms with van der Waals surface area (Å²) < 4.78 is 5.36. The lowest BCUT2D eigenvalue weighted by molar-refractivity contribution is -0.116. The van der Waals surface area contributed by atoms with E-state index in [0.29, 0.717) is 39.7 Å². The lowest BCUT2D eigenvalue weighted by Crippen LogP contribution is -2.14. The monoisotopic (exact) mass is 390 g/mol. The highest BCUT2D eigenvalue weighted by atomic mass is 35.5. The van der Waals surface area contributed by atoms with Gasteiger partial charge in [0.15, 0.2) is 5.69 Å². The Morgan fingerprint density at radius 1 is 1.31 bits per heavy atom. The predicted molar refractivity (Wildman–Crippen MR) is 100 cm³/mol. The molecular weight excluding hydrogens is 376 g/mol. The maximum Gasteiger partial charge on any atom is 0.249 e. The quantitative estimate of drug-likeness (QED) is 0.599. The van der Waals surface area contributed by atoms with E-state index in [1.807, 2.05) is 0 Å². The Morgan fingerprint density at radius 2 is 2.12 bits per heavy atom. The molecule has 7 nitrogen and oxygen atoms in total. The number of alkyl halides is 1. The second-order valence-electron chi connectivity index (χ2n) is 5.32. The molecule has 0 radical (unpaired) electrons. The second-order valence-corrected chi connectivity index (χ2v) is 6.60. The third-order valence-corrected chi connectivity index (χ3v) is 4.63. The van der Waals surface area contributed by atoms with Crippen LogP contribution in [0.5, 0.6) is 0 Å². The number of hydrogen-bond acceptors (Lipinski definition) is 6. The van der Waals surface area contributed by atoms with Crippen LogP contribution in [0.25, 0.3) is 21.8 Å². The summed E-state index contributed by atoms with van der Waals surface area (Å²) in [5.41, 5.74) is 7.21. The highest BCUT2D eigenvalue weighted by Crippen LogP contribution is 2.40. The zero-order chi connectivity index (χ0) is 18.5. The molecule has 0 atom stereocenters. The van der Waals surface area contributed by atoms with Gasteiger partial charge in [0.05, 0.1) is 5.56 Å². The highest BCUT2D eigenvalue weighted by molar-refractivity contribution is 7.13. The first-order valence-corrected chi connectivity index (χ1v) is 9.17. The highest BCUT2D eigenvalue weighted by Gasteiger charge is 2.25. The zero-order valence-corrected chi connectivity index (χ0v) is 15.1. The number of nitrogens with zero attached hydrogens (tertiary/aromatic N) is 2. The summed E-state index contributed by atoms with van der Waals surface area (Å²) in [6, 6.07) is 6.80.